The van der Waals surface area contributed by atoms with Crippen molar-refractivity contribution in [2.45, 2.75) is 25.2 Å². The van der Waals surface area contributed by atoms with Crippen LogP contribution in [0.3, 0.4) is 0 Å². The van der Waals surface area contributed by atoms with E-state index in [9.17, 15) is 4.79 Å². The lowest BCUT2D eigenvalue weighted by atomic mass is 9.76. The molecule has 0 aliphatic carbocycles. The second kappa shape index (κ2) is 11.7. The number of ether oxygens (including phenoxy) is 2. The molecule has 1 aliphatic heterocycles. The predicted octanol–water partition coefficient (Wildman–Crippen LogP) is 5.79. The van der Waals surface area contributed by atoms with Crippen LogP contribution in [0.4, 0.5) is 0 Å². The van der Waals surface area contributed by atoms with E-state index in [2.05, 4.69) is 65.6 Å². The van der Waals surface area contributed by atoms with Gasteiger partial charge in [0.05, 0.1) is 19.3 Å². The lowest BCUT2D eigenvalue weighted by Crippen LogP contribution is -2.36. The van der Waals surface area contributed by atoms with Crippen LogP contribution >= 0.6 is 0 Å². The Morgan fingerprint density at radius 2 is 1.45 bits per heavy atom. The molecule has 4 rings (SSSR count). The number of rotatable bonds is 9. The van der Waals surface area contributed by atoms with Crippen molar-refractivity contribution >= 4 is 5.97 Å². The molecular weight excluding hydrogens is 410 g/mol. The Morgan fingerprint density at radius 1 is 0.879 bits per heavy atom. The zero-order valence-corrected chi connectivity index (χ0v) is 19.4. The van der Waals surface area contributed by atoms with Crippen LogP contribution in [-0.2, 0) is 4.74 Å². The van der Waals surface area contributed by atoms with Crippen molar-refractivity contribution in [2.24, 2.45) is 5.92 Å². The molecule has 1 heterocycles. The van der Waals surface area contributed by atoms with Crippen LogP contribution in [0.1, 0.15) is 46.7 Å². The molecule has 4 nitrogen and oxygen atoms in total. The fourth-order valence-electron chi connectivity index (χ4n) is 4.85. The third-order valence-electron chi connectivity index (χ3n) is 6.58. The largest absolute Gasteiger partial charge is 0.494 e. The number of esters is 1. The highest BCUT2D eigenvalue weighted by atomic mass is 16.5. The minimum Gasteiger partial charge on any atom is -0.494 e. The Balaban J connectivity index is 1.25. The van der Waals surface area contributed by atoms with Crippen LogP contribution in [0.15, 0.2) is 84.9 Å². The van der Waals surface area contributed by atoms with Crippen molar-refractivity contribution in [3.63, 3.8) is 0 Å². The van der Waals surface area contributed by atoms with Gasteiger partial charge in [-0.05, 0) is 73.7 Å². The van der Waals surface area contributed by atoms with Gasteiger partial charge in [-0.1, -0.05) is 60.7 Å². The minimum absolute atomic E-state index is 0.327. The SMILES string of the molecule is COC(=O)c1ccc(OCCCN2CCC(C(c3ccccc3)c3ccccc3)CC2)cc1. The zero-order chi connectivity index (χ0) is 22.9. The number of nitrogens with zero attached hydrogens (tertiary/aromatic N) is 1. The van der Waals surface area contributed by atoms with Crippen molar-refractivity contribution in [3.8, 4) is 5.75 Å². The second-order valence-corrected chi connectivity index (χ2v) is 8.70. The summed E-state index contributed by atoms with van der Waals surface area (Å²) in [6.07, 6.45) is 3.42. The highest BCUT2D eigenvalue weighted by Crippen LogP contribution is 2.37. The van der Waals surface area contributed by atoms with Crippen LogP contribution in [0, 0.1) is 5.92 Å². The first-order chi connectivity index (χ1) is 16.2. The number of carbonyl (C=O) groups excluding carboxylic acids is 1. The number of hydrogen-bond acceptors (Lipinski definition) is 4. The summed E-state index contributed by atoms with van der Waals surface area (Å²) in [6.45, 7) is 3.99. The van der Waals surface area contributed by atoms with Gasteiger partial charge >= 0.3 is 5.97 Å². The molecule has 0 N–H and O–H groups in total. The summed E-state index contributed by atoms with van der Waals surface area (Å²) < 4.78 is 10.6. The van der Waals surface area contributed by atoms with E-state index in [1.165, 1.54) is 31.1 Å². The van der Waals surface area contributed by atoms with E-state index in [1.54, 1.807) is 12.1 Å². The molecule has 1 aliphatic rings. The Hall–Kier alpha value is -3.11. The van der Waals surface area contributed by atoms with Gasteiger partial charge in [-0.15, -0.1) is 0 Å². The van der Waals surface area contributed by atoms with Gasteiger partial charge in [0.1, 0.15) is 5.75 Å². The highest BCUT2D eigenvalue weighted by molar-refractivity contribution is 5.89. The molecule has 4 heteroatoms. The summed E-state index contributed by atoms with van der Waals surface area (Å²) in [5, 5.41) is 0. The van der Waals surface area contributed by atoms with E-state index in [-0.39, 0.29) is 5.97 Å². The van der Waals surface area contributed by atoms with Gasteiger partial charge in [-0.25, -0.2) is 4.79 Å². The van der Waals surface area contributed by atoms with Crippen molar-refractivity contribution in [1.82, 2.24) is 4.90 Å². The molecule has 1 saturated heterocycles. The molecule has 3 aromatic carbocycles. The number of methoxy groups -OCH3 is 1. The first kappa shape index (κ1) is 23.1. The summed E-state index contributed by atoms with van der Waals surface area (Å²) in [7, 11) is 1.39. The molecule has 0 aromatic heterocycles. The quantitative estimate of drug-likeness (QED) is 0.310. The van der Waals surface area contributed by atoms with Gasteiger partial charge < -0.3 is 14.4 Å². The number of likely N-dealkylation sites (tertiary alicyclic amines) is 1. The van der Waals surface area contributed by atoms with E-state index in [1.807, 2.05) is 12.1 Å². The van der Waals surface area contributed by atoms with Crippen molar-refractivity contribution in [3.05, 3.63) is 102 Å². The number of carbonyl (C=O) groups is 1. The average Bonchev–Trinajstić information content (AvgIpc) is 2.89. The van der Waals surface area contributed by atoms with E-state index in [0.29, 0.717) is 24.0 Å². The zero-order valence-electron chi connectivity index (χ0n) is 19.4. The Kier molecular flexibility index (Phi) is 8.15. The lowest BCUT2D eigenvalue weighted by molar-refractivity contribution is 0.0600. The van der Waals surface area contributed by atoms with Crippen molar-refractivity contribution in [1.29, 1.82) is 0 Å². The average molecular weight is 444 g/mol. The van der Waals surface area contributed by atoms with Gasteiger partial charge in [0.2, 0.25) is 0 Å². The Bertz CT molecular complexity index is 941. The molecule has 1 fully saturated rings. The minimum atomic E-state index is -0.327. The van der Waals surface area contributed by atoms with Crippen LogP contribution in [0.25, 0.3) is 0 Å². The van der Waals surface area contributed by atoms with Crippen molar-refractivity contribution in [2.75, 3.05) is 33.4 Å². The highest BCUT2D eigenvalue weighted by Gasteiger charge is 2.28. The molecule has 0 spiro atoms. The molecule has 172 valence electrons. The molecule has 33 heavy (non-hydrogen) atoms. The third kappa shape index (κ3) is 6.23. The summed E-state index contributed by atoms with van der Waals surface area (Å²) >= 11 is 0. The van der Waals surface area contributed by atoms with E-state index >= 15 is 0 Å². The van der Waals surface area contributed by atoms with Gasteiger partial charge in [0.25, 0.3) is 0 Å². The summed E-state index contributed by atoms with van der Waals surface area (Å²) in [6, 6.07) is 29.1. The van der Waals surface area contributed by atoms with E-state index < -0.39 is 0 Å². The smallest absolute Gasteiger partial charge is 0.337 e. The monoisotopic (exact) mass is 443 g/mol. The fraction of sp³-hybridized carbons (Fsp3) is 0.345. The maximum Gasteiger partial charge on any atom is 0.337 e. The van der Waals surface area contributed by atoms with E-state index in [4.69, 9.17) is 9.47 Å². The molecule has 0 amide bonds. The molecular formula is C29H33NO3. The van der Waals surface area contributed by atoms with Gasteiger partial charge in [-0.3, -0.25) is 0 Å². The summed E-state index contributed by atoms with van der Waals surface area (Å²) in [5.41, 5.74) is 3.39. The maximum atomic E-state index is 11.5. The Morgan fingerprint density at radius 3 is 2.00 bits per heavy atom. The Labute approximate surface area is 197 Å². The van der Waals surface area contributed by atoms with Gasteiger partial charge in [-0.2, -0.15) is 0 Å². The fourth-order valence-corrected chi connectivity index (χ4v) is 4.85. The normalized spacial score (nSPS) is 14.8. The van der Waals surface area contributed by atoms with Gasteiger partial charge in [0, 0.05) is 12.5 Å². The molecule has 0 radical (unpaired) electrons. The van der Waals surface area contributed by atoms with Crippen LogP contribution < -0.4 is 4.74 Å². The number of piperidine rings is 1. The third-order valence-corrected chi connectivity index (χ3v) is 6.58. The predicted molar refractivity (Wildman–Crippen MR) is 132 cm³/mol. The number of benzene rings is 3. The van der Waals surface area contributed by atoms with Crippen molar-refractivity contribution < 1.29 is 14.3 Å². The second-order valence-electron chi connectivity index (χ2n) is 8.70. The number of hydrogen-bond donors (Lipinski definition) is 0. The maximum absolute atomic E-state index is 11.5. The standard InChI is InChI=1S/C29H33NO3/c1-32-29(31)26-13-15-27(16-14-26)33-22-8-19-30-20-17-25(18-21-30)28(23-9-4-2-5-10-23)24-11-6-3-7-12-24/h2-7,9-16,25,28H,8,17-22H2,1H3. The van der Waals surface area contributed by atoms with Crippen LogP contribution in [0.2, 0.25) is 0 Å². The first-order valence-electron chi connectivity index (χ1n) is 11.9. The summed E-state index contributed by atoms with van der Waals surface area (Å²) in [4.78, 5) is 14.1. The lowest BCUT2D eigenvalue weighted by Gasteiger charge is -2.36. The molecule has 0 bridgehead atoms. The first-order valence-corrected chi connectivity index (χ1v) is 11.9. The van der Waals surface area contributed by atoms with E-state index in [0.717, 1.165) is 31.8 Å². The van der Waals surface area contributed by atoms with Crippen LogP contribution in [-0.4, -0.2) is 44.2 Å². The molecule has 0 atom stereocenters. The molecule has 0 saturated carbocycles. The topological polar surface area (TPSA) is 38.8 Å². The van der Waals surface area contributed by atoms with Crippen LogP contribution in [0.5, 0.6) is 5.75 Å². The van der Waals surface area contributed by atoms with Gasteiger partial charge in [0.15, 0.2) is 0 Å². The molecule has 0 unspecified atom stereocenters. The summed E-state index contributed by atoms with van der Waals surface area (Å²) in [5.74, 6) is 1.59. The molecule has 3 aromatic rings.